The van der Waals surface area contributed by atoms with Crippen molar-refractivity contribution in [2.75, 3.05) is 5.73 Å². The molecular formula is C15H12ClNOS. The highest BCUT2D eigenvalue weighted by Gasteiger charge is 2.06. The van der Waals surface area contributed by atoms with Crippen LogP contribution in [0.4, 0.5) is 5.69 Å². The second-order valence-electron chi connectivity index (χ2n) is 4.24. The summed E-state index contributed by atoms with van der Waals surface area (Å²) in [7, 11) is 0. The Hall–Kier alpha value is -1.71. The van der Waals surface area contributed by atoms with E-state index in [0.717, 1.165) is 0 Å². The van der Waals surface area contributed by atoms with Crippen molar-refractivity contribution >= 4 is 38.7 Å². The largest absolute Gasteiger partial charge is 0.487 e. The van der Waals surface area contributed by atoms with Crippen LogP contribution in [0.3, 0.4) is 0 Å². The van der Waals surface area contributed by atoms with Crippen molar-refractivity contribution in [3.8, 4) is 5.75 Å². The summed E-state index contributed by atoms with van der Waals surface area (Å²) >= 11 is 7.80. The van der Waals surface area contributed by atoms with Crippen LogP contribution in [0.25, 0.3) is 10.1 Å². The number of nitrogens with two attached hydrogens (primary N) is 1. The zero-order valence-corrected chi connectivity index (χ0v) is 11.7. The molecule has 0 bridgehead atoms. The van der Waals surface area contributed by atoms with Gasteiger partial charge in [0.2, 0.25) is 0 Å². The van der Waals surface area contributed by atoms with E-state index < -0.39 is 0 Å². The van der Waals surface area contributed by atoms with E-state index >= 15 is 0 Å². The third kappa shape index (κ3) is 2.53. The molecule has 1 heterocycles. The average Bonchev–Trinajstić information content (AvgIpc) is 2.83. The van der Waals surface area contributed by atoms with Crippen LogP contribution in [0.1, 0.15) is 5.56 Å². The molecule has 0 fully saturated rings. The van der Waals surface area contributed by atoms with Crippen molar-refractivity contribution in [1.82, 2.24) is 0 Å². The number of halogens is 1. The monoisotopic (exact) mass is 289 g/mol. The molecule has 4 heteroatoms. The number of hydrogen-bond donors (Lipinski definition) is 1. The Morgan fingerprint density at radius 2 is 2.00 bits per heavy atom. The zero-order valence-electron chi connectivity index (χ0n) is 10.1. The summed E-state index contributed by atoms with van der Waals surface area (Å²) in [4.78, 5) is 0. The maximum absolute atomic E-state index is 6.08. The second kappa shape index (κ2) is 5.11. The van der Waals surface area contributed by atoms with Gasteiger partial charge in [0.05, 0.1) is 5.02 Å². The van der Waals surface area contributed by atoms with Gasteiger partial charge in [0.1, 0.15) is 12.4 Å². The molecule has 0 amide bonds. The van der Waals surface area contributed by atoms with E-state index in [0.29, 0.717) is 23.1 Å². The molecule has 0 radical (unpaired) electrons. The van der Waals surface area contributed by atoms with Crippen molar-refractivity contribution in [3.05, 3.63) is 58.4 Å². The van der Waals surface area contributed by atoms with Crippen molar-refractivity contribution < 1.29 is 4.74 Å². The number of fused-ring (bicyclic) bond motifs is 1. The summed E-state index contributed by atoms with van der Waals surface area (Å²) in [5.74, 6) is 0.622. The first kappa shape index (κ1) is 12.3. The molecule has 1 aromatic heterocycles. The van der Waals surface area contributed by atoms with Gasteiger partial charge in [0.15, 0.2) is 0 Å². The lowest BCUT2D eigenvalue weighted by Crippen LogP contribution is -1.96. The van der Waals surface area contributed by atoms with Crippen LogP contribution in [0.15, 0.2) is 47.8 Å². The molecule has 0 spiro atoms. The van der Waals surface area contributed by atoms with Gasteiger partial charge >= 0.3 is 0 Å². The summed E-state index contributed by atoms with van der Waals surface area (Å²) in [6, 6.07) is 13.5. The van der Waals surface area contributed by atoms with Crippen molar-refractivity contribution in [2.24, 2.45) is 0 Å². The minimum Gasteiger partial charge on any atom is -0.487 e. The molecule has 0 atom stereocenters. The van der Waals surface area contributed by atoms with Crippen LogP contribution < -0.4 is 10.5 Å². The highest BCUT2D eigenvalue weighted by molar-refractivity contribution is 7.17. The van der Waals surface area contributed by atoms with Crippen molar-refractivity contribution in [3.63, 3.8) is 0 Å². The summed E-state index contributed by atoms with van der Waals surface area (Å²) in [6.07, 6.45) is 0. The van der Waals surface area contributed by atoms with E-state index in [1.54, 1.807) is 29.5 Å². The van der Waals surface area contributed by atoms with Gasteiger partial charge in [0, 0.05) is 22.0 Å². The van der Waals surface area contributed by atoms with Gasteiger partial charge in [-0.1, -0.05) is 29.8 Å². The Bertz CT molecular complexity index is 723. The maximum Gasteiger partial charge on any atom is 0.140 e. The molecule has 0 saturated carbocycles. The van der Waals surface area contributed by atoms with Gasteiger partial charge in [-0.05, 0) is 29.0 Å². The van der Waals surface area contributed by atoms with Crippen LogP contribution in [0.2, 0.25) is 5.02 Å². The van der Waals surface area contributed by atoms with E-state index in [9.17, 15) is 0 Å². The predicted molar refractivity (Wildman–Crippen MR) is 82.0 cm³/mol. The highest BCUT2D eigenvalue weighted by Crippen LogP contribution is 2.30. The molecule has 2 nitrogen and oxygen atoms in total. The number of nitrogen functional groups attached to an aromatic ring is 1. The van der Waals surface area contributed by atoms with Gasteiger partial charge in [-0.2, -0.15) is 0 Å². The quantitative estimate of drug-likeness (QED) is 0.708. The van der Waals surface area contributed by atoms with Crippen LogP contribution in [0, 0.1) is 0 Å². The number of ether oxygens (including phenoxy) is 1. The van der Waals surface area contributed by atoms with Crippen molar-refractivity contribution in [2.45, 2.75) is 6.61 Å². The molecule has 0 unspecified atom stereocenters. The average molecular weight is 290 g/mol. The zero-order chi connectivity index (χ0) is 13.2. The van der Waals surface area contributed by atoms with E-state index in [2.05, 4.69) is 17.5 Å². The molecule has 3 aromatic rings. The molecule has 0 saturated heterocycles. The molecule has 2 N–H and O–H groups in total. The highest BCUT2D eigenvalue weighted by atomic mass is 35.5. The molecule has 0 aliphatic carbocycles. The first-order valence-electron chi connectivity index (χ1n) is 5.87. The maximum atomic E-state index is 6.08. The molecule has 96 valence electrons. The Balaban J connectivity index is 1.84. The molecule has 3 rings (SSSR count). The van der Waals surface area contributed by atoms with E-state index in [-0.39, 0.29) is 0 Å². The lowest BCUT2D eigenvalue weighted by Gasteiger charge is -2.08. The molecule has 2 aromatic carbocycles. The van der Waals surface area contributed by atoms with Crippen LogP contribution in [-0.4, -0.2) is 0 Å². The number of hydrogen-bond acceptors (Lipinski definition) is 3. The predicted octanol–water partition coefficient (Wildman–Crippen LogP) is 4.72. The summed E-state index contributed by atoms with van der Waals surface area (Å²) in [5, 5.41) is 3.92. The van der Waals surface area contributed by atoms with Crippen LogP contribution in [-0.2, 0) is 6.61 Å². The SMILES string of the molecule is Nc1ccc(Cl)c(OCc2csc3ccccc23)c1. The third-order valence-electron chi connectivity index (χ3n) is 2.90. The smallest absolute Gasteiger partial charge is 0.140 e. The first-order valence-corrected chi connectivity index (χ1v) is 7.13. The lowest BCUT2D eigenvalue weighted by atomic mass is 10.2. The van der Waals surface area contributed by atoms with Gasteiger partial charge in [0.25, 0.3) is 0 Å². The molecule has 0 aliphatic heterocycles. The number of benzene rings is 2. The Morgan fingerprint density at radius 3 is 2.89 bits per heavy atom. The fourth-order valence-corrected chi connectivity index (χ4v) is 3.05. The Kier molecular flexibility index (Phi) is 3.32. The topological polar surface area (TPSA) is 35.2 Å². The van der Waals surface area contributed by atoms with E-state index in [4.69, 9.17) is 22.1 Å². The fourth-order valence-electron chi connectivity index (χ4n) is 1.93. The fraction of sp³-hybridized carbons (Fsp3) is 0.0667. The Morgan fingerprint density at radius 1 is 1.16 bits per heavy atom. The van der Waals surface area contributed by atoms with Gasteiger partial charge < -0.3 is 10.5 Å². The molecule has 0 aliphatic rings. The summed E-state index contributed by atoms with van der Waals surface area (Å²) in [6.45, 7) is 0.493. The number of thiophene rings is 1. The van der Waals surface area contributed by atoms with Crippen LogP contribution >= 0.6 is 22.9 Å². The minimum atomic E-state index is 0.493. The summed E-state index contributed by atoms with van der Waals surface area (Å²) < 4.78 is 7.03. The lowest BCUT2D eigenvalue weighted by molar-refractivity contribution is 0.308. The standard InChI is InChI=1S/C15H12ClNOS/c16-13-6-5-11(17)7-14(13)18-8-10-9-19-15-4-2-1-3-12(10)15/h1-7,9H,8,17H2. The van der Waals surface area contributed by atoms with Crippen LogP contribution in [0.5, 0.6) is 5.75 Å². The van der Waals surface area contributed by atoms with Crippen molar-refractivity contribution in [1.29, 1.82) is 0 Å². The number of anilines is 1. The summed E-state index contributed by atoms with van der Waals surface area (Å²) in [5.41, 5.74) is 7.54. The minimum absolute atomic E-state index is 0.493. The van der Waals surface area contributed by atoms with E-state index in [1.807, 2.05) is 12.1 Å². The normalized spacial score (nSPS) is 10.8. The van der Waals surface area contributed by atoms with Gasteiger partial charge in [-0.15, -0.1) is 11.3 Å². The first-order chi connectivity index (χ1) is 9.24. The number of rotatable bonds is 3. The van der Waals surface area contributed by atoms with E-state index in [1.165, 1.54) is 15.6 Å². The molecular weight excluding hydrogens is 278 g/mol. The molecule has 19 heavy (non-hydrogen) atoms. The Labute approximate surface area is 120 Å². The second-order valence-corrected chi connectivity index (χ2v) is 5.55. The van der Waals surface area contributed by atoms with Gasteiger partial charge in [-0.3, -0.25) is 0 Å². The third-order valence-corrected chi connectivity index (χ3v) is 4.22. The van der Waals surface area contributed by atoms with Gasteiger partial charge in [-0.25, -0.2) is 0 Å².